The Bertz CT molecular complexity index is 700. The van der Waals surface area contributed by atoms with Gasteiger partial charge in [-0.1, -0.05) is 30.3 Å². The first kappa shape index (κ1) is 12.9. The molecule has 3 heteroatoms. The number of nitrogens with one attached hydrogen (secondary N) is 2. The molecule has 20 heavy (non-hydrogen) atoms. The average molecular weight is 268 g/mol. The molecule has 0 unspecified atom stereocenters. The zero-order valence-corrected chi connectivity index (χ0v) is 11.4. The largest absolute Gasteiger partial charge is 0.361 e. The number of aromatic nitrogens is 1. The van der Waals surface area contributed by atoms with E-state index in [4.69, 9.17) is 0 Å². The van der Waals surface area contributed by atoms with Crippen molar-refractivity contribution in [3.05, 3.63) is 71.7 Å². The Hall–Kier alpha value is -2.13. The monoisotopic (exact) mass is 268 g/mol. The van der Waals surface area contributed by atoms with E-state index in [-0.39, 0.29) is 11.9 Å². The summed E-state index contributed by atoms with van der Waals surface area (Å²) in [4.78, 5) is 3.27. The highest BCUT2D eigenvalue weighted by Crippen LogP contribution is 2.19. The molecule has 3 rings (SSSR count). The molecule has 0 aliphatic heterocycles. The Kier molecular flexibility index (Phi) is 3.52. The number of benzene rings is 2. The van der Waals surface area contributed by atoms with Crippen molar-refractivity contribution in [1.82, 2.24) is 10.3 Å². The second kappa shape index (κ2) is 5.47. The van der Waals surface area contributed by atoms with Gasteiger partial charge in [-0.05, 0) is 36.2 Å². The fourth-order valence-corrected chi connectivity index (χ4v) is 2.41. The molecular formula is C17H17FN2. The summed E-state index contributed by atoms with van der Waals surface area (Å²) in [6.07, 6.45) is 2.04. The summed E-state index contributed by atoms with van der Waals surface area (Å²) < 4.78 is 12.9. The van der Waals surface area contributed by atoms with Crippen LogP contribution in [0.2, 0.25) is 0 Å². The van der Waals surface area contributed by atoms with Gasteiger partial charge in [0.15, 0.2) is 0 Å². The molecule has 0 fully saturated rings. The molecule has 0 aliphatic carbocycles. The average Bonchev–Trinajstić information content (AvgIpc) is 2.89. The van der Waals surface area contributed by atoms with Gasteiger partial charge in [-0.25, -0.2) is 4.39 Å². The number of rotatable bonds is 4. The van der Waals surface area contributed by atoms with E-state index in [2.05, 4.69) is 29.4 Å². The number of para-hydroxylation sites is 1. The van der Waals surface area contributed by atoms with E-state index in [1.807, 2.05) is 30.5 Å². The van der Waals surface area contributed by atoms with Crippen LogP contribution < -0.4 is 5.32 Å². The van der Waals surface area contributed by atoms with E-state index >= 15 is 0 Å². The van der Waals surface area contributed by atoms with Gasteiger partial charge in [-0.15, -0.1) is 0 Å². The SMILES string of the molecule is C[C@H](NCc1c[nH]c2ccccc12)c1ccc(F)cc1. The summed E-state index contributed by atoms with van der Waals surface area (Å²) in [6.45, 7) is 2.87. The van der Waals surface area contributed by atoms with E-state index in [9.17, 15) is 4.39 Å². The van der Waals surface area contributed by atoms with Crippen molar-refractivity contribution in [2.45, 2.75) is 19.5 Å². The van der Waals surface area contributed by atoms with E-state index in [0.29, 0.717) is 0 Å². The van der Waals surface area contributed by atoms with Crippen molar-refractivity contribution in [3.63, 3.8) is 0 Å². The van der Waals surface area contributed by atoms with Crippen molar-refractivity contribution >= 4 is 10.9 Å². The number of hydrogen-bond donors (Lipinski definition) is 2. The van der Waals surface area contributed by atoms with Crippen molar-refractivity contribution < 1.29 is 4.39 Å². The zero-order chi connectivity index (χ0) is 13.9. The smallest absolute Gasteiger partial charge is 0.123 e. The third-order valence-corrected chi connectivity index (χ3v) is 3.64. The highest BCUT2D eigenvalue weighted by atomic mass is 19.1. The first-order valence-corrected chi connectivity index (χ1v) is 6.78. The molecule has 1 atom stereocenters. The molecule has 0 saturated carbocycles. The summed E-state index contributed by atoms with van der Waals surface area (Å²) in [5.41, 5.74) is 3.49. The van der Waals surface area contributed by atoms with Gasteiger partial charge in [0.05, 0.1) is 0 Å². The van der Waals surface area contributed by atoms with Gasteiger partial charge >= 0.3 is 0 Å². The molecule has 0 bridgehead atoms. The van der Waals surface area contributed by atoms with Gasteiger partial charge < -0.3 is 10.3 Å². The highest BCUT2D eigenvalue weighted by molar-refractivity contribution is 5.82. The Labute approximate surface area is 117 Å². The zero-order valence-electron chi connectivity index (χ0n) is 11.4. The first-order valence-electron chi connectivity index (χ1n) is 6.78. The van der Waals surface area contributed by atoms with E-state index < -0.39 is 0 Å². The van der Waals surface area contributed by atoms with Crippen LogP contribution in [-0.2, 0) is 6.54 Å². The van der Waals surface area contributed by atoms with Crippen molar-refractivity contribution in [2.75, 3.05) is 0 Å². The molecule has 0 radical (unpaired) electrons. The minimum Gasteiger partial charge on any atom is -0.361 e. The molecule has 2 N–H and O–H groups in total. The topological polar surface area (TPSA) is 27.8 Å². The summed E-state index contributed by atoms with van der Waals surface area (Å²) in [6, 6.07) is 15.1. The molecule has 1 heterocycles. The number of hydrogen-bond acceptors (Lipinski definition) is 1. The van der Waals surface area contributed by atoms with E-state index in [1.54, 1.807) is 0 Å². The maximum absolute atomic E-state index is 12.9. The van der Waals surface area contributed by atoms with Crippen LogP contribution in [0.15, 0.2) is 54.7 Å². The number of H-pyrrole nitrogens is 1. The van der Waals surface area contributed by atoms with Crippen LogP contribution in [0.25, 0.3) is 10.9 Å². The van der Waals surface area contributed by atoms with Gasteiger partial charge in [0.1, 0.15) is 5.82 Å². The molecule has 3 aromatic rings. The molecule has 2 nitrogen and oxygen atoms in total. The fraction of sp³-hybridized carbons (Fsp3) is 0.176. The maximum Gasteiger partial charge on any atom is 0.123 e. The summed E-state index contributed by atoms with van der Waals surface area (Å²) in [5, 5.41) is 4.71. The normalized spacial score (nSPS) is 12.7. The Morgan fingerprint density at radius 1 is 1.10 bits per heavy atom. The predicted molar refractivity (Wildman–Crippen MR) is 80.0 cm³/mol. The van der Waals surface area contributed by atoms with Crippen LogP contribution in [0.3, 0.4) is 0 Å². The minimum absolute atomic E-state index is 0.185. The van der Waals surface area contributed by atoms with E-state index in [0.717, 1.165) is 17.6 Å². The lowest BCUT2D eigenvalue weighted by atomic mass is 10.1. The Balaban J connectivity index is 1.71. The first-order chi connectivity index (χ1) is 9.74. The molecular weight excluding hydrogens is 251 g/mol. The van der Waals surface area contributed by atoms with Crippen LogP contribution in [0, 0.1) is 5.82 Å². The lowest BCUT2D eigenvalue weighted by molar-refractivity contribution is 0.572. The van der Waals surface area contributed by atoms with Crippen LogP contribution in [0.1, 0.15) is 24.1 Å². The molecule has 1 aromatic heterocycles. The maximum atomic E-state index is 12.9. The lowest BCUT2D eigenvalue weighted by Gasteiger charge is -2.14. The number of aromatic amines is 1. The second-order valence-corrected chi connectivity index (χ2v) is 5.01. The molecule has 2 aromatic carbocycles. The third-order valence-electron chi connectivity index (χ3n) is 3.64. The van der Waals surface area contributed by atoms with Crippen molar-refractivity contribution in [1.29, 1.82) is 0 Å². The van der Waals surface area contributed by atoms with Crippen LogP contribution in [0.4, 0.5) is 4.39 Å². The second-order valence-electron chi connectivity index (χ2n) is 5.01. The van der Waals surface area contributed by atoms with Gasteiger partial charge in [0.2, 0.25) is 0 Å². The van der Waals surface area contributed by atoms with Crippen LogP contribution in [0.5, 0.6) is 0 Å². The quantitative estimate of drug-likeness (QED) is 0.730. The van der Waals surface area contributed by atoms with Gasteiger partial charge in [-0.3, -0.25) is 0 Å². The van der Waals surface area contributed by atoms with Crippen molar-refractivity contribution in [2.24, 2.45) is 0 Å². The summed E-state index contributed by atoms with van der Waals surface area (Å²) in [7, 11) is 0. The number of halogens is 1. The van der Waals surface area contributed by atoms with Gasteiger partial charge in [0, 0.05) is 29.7 Å². The molecule has 0 saturated heterocycles. The molecule has 102 valence electrons. The number of fused-ring (bicyclic) bond motifs is 1. The van der Waals surface area contributed by atoms with E-state index in [1.165, 1.54) is 23.1 Å². The summed E-state index contributed by atoms with van der Waals surface area (Å²) >= 11 is 0. The third kappa shape index (κ3) is 2.58. The Morgan fingerprint density at radius 2 is 1.85 bits per heavy atom. The predicted octanol–water partition coefficient (Wildman–Crippen LogP) is 4.16. The molecule has 0 amide bonds. The van der Waals surface area contributed by atoms with Crippen LogP contribution in [-0.4, -0.2) is 4.98 Å². The van der Waals surface area contributed by atoms with Gasteiger partial charge in [0.25, 0.3) is 0 Å². The minimum atomic E-state index is -0.197. The van der Waals surface area contributed by atoms with Crippen molar-refractivity contribution in [3.8, 4) is 0 Å². The van der Waals surface area contributed by atoms with Gasteiger partial charge in [-0.2, -0.15) is 0 Å². The standard InChI is InChI=1S/C17H17FN2/c1-12(13-6-8-15(18)9-7-13)19-10-14-11-20-17-5-3-2-4-16(14)17/h2-9,11-12,19-20H,10H2,1H3/t12-/m0/s1. The lowest BCUT2D eigenvalue weighted by Crippen LogP contribution is -2.17. The molecule has 0 spiro atoms. The van der Waals surface area contributed by atoms with Crippen LogP contribution >= 0.6 is 0 Å². The Morgan fingerprint density at radius 3 is 2.65 bits per heavy atom. The fourth-order valence-electron chi connectivity index (χ4n) is 2.41. The highest BCUT2D eigenvalue weighted by Gasteiger charge is 2.07. The summed E-state index contributed by atoms with van der Waals surface area (Å²) in [5.74, 6) is -0.197. The molecule has 0 aliphatic rings.